The quantitative estimate of drug-likeness (QED) is 0.0404. The Labute approximate surface area is 438 Å². The van der Waals surface area contributed by atoms with Crippen LogP contribution in [-0.2, 0) is 0 Å². The number of anilines is 3. The van der Waals surface area contributed by atoms with Gasteiger partial charge in [-0.2, -0.15) is 15.0 Å². The van der Waals surface area contributed by atoms with Crippen LogP contribution < -0.4 is 47.0 Å². The Morgan fingerprint density at radius 3 is 1.03 bits per heavy atom. The van der Waals surface area contributed by atoms with Crippen LogP contribution >= 0.6 is 0 Å². The topological polar surface area (TPSA) is 129 Å². The van der Waals surface area contributed by atoms with Crippen molar-refractivity contribution in [2.75, 3.05) is 47.8 Å². The van der Waals surface area contributed by atoms with Gasteiger partial charge >= 0.3 is 0 Å². The molecule has 1 aromatic rings. The summed E-state index contributed by atoms with van der Waals surface area (Å²) in [5.41, 5.74) is 0.645. The second kappa shape index (κ2) is 25.3. The average molecular weight is 994 g/mol. The summed E-state index contributed by atoms with van der Waals surface area (Å²) < 4.78 is 0. The van der Waals surface area contributed by atoms with Crippen molar-refractivity contribution in [3.8, 4) is 0 Å². The van der Waals surface area contributed by atoms with E-state index >= 15 is 0 Å². The standard InChI is InChI=1S/C59H116N12/c1-18-19-20-21-22-29-34-62-49-63-50(70(47-41-56(10,11)68-57(12,13)42-47)35-30-25-23-27-32-60-45-37-52(2,3)66-53(4,5)38-45)65-51(64-49)71(48-43-58(14,15)69-59(16,17)44-48)36-31-26-24-28-33-61-46-39-54(6,7)67-55(8,9)40-46/h45-48,60-61,66-69H,18-44H2,1-17H3,(H,62,63,64,65). The van der Waals surface area contributed by atoms with E-state index in [4.69, 9.17) is 15.0 Å². The van der Waals surface area contributed by atoms with Gasteiger partial charge in [-0.05, 0) is 207 Å². The number of rotatable bonds is 28. The molecule has 0 radical (unpaired) electrons. The first kappa shape index (κ1) is 60.0. The molecule has 12 heteroatoms. The average Bonchev–Trinajstić information content (AvgIpc) is 3.17. The van der Waals surface area contributed by atoms with Gasteiger partial charge < -0.3 is 47.0 Å². The molecule has 0 aromatic carbocycles. The number of nitrogens with zero attached hydrogens (tertiary/aromatic N) is 5. The Bertz CT molecular complexity index is 1560. The predicted octanol–water partition coefficient (Wildman–Crippen LogP) is 11.8. The molecule has 4 saturated heterocycles. The van der Waals surface area contributed by atoms with Crippen molar-refractivity contribution >= 4 is 17.8 Å². The summed E-state index contributed by atoms with van der Waals surface area (Å²) in [5, 5.41) is 27.4. The molecule has 5 heterocycles. The SMILES string of the molecule is CCCCCCCCNc1nc(N(CCCCCCNC2CC(C)(C)NC(C)(C)C2)C2CC(C)(C)NC(C)(C)C2)nc(N(CCCCCCNC2CC(C)(C)NC(C)(C)C2)C2CC(C)(C)NC(C)(C)C2)n1. The number of unbranched alkanes of at least 4 members (excludes halogenated alkanes) is 11. The Morgan fingerprint density at radius 2 is 0.676 bits per heavy atom. The van der Waals surface area contributed by atoms with Crippen LogP contribution in [0.3, 0.4) is 0 Å². The molecule has 7 N–H and O–H groups in total. The maximum atomic E-state index is 5.68. The first-order valence-corrected chi connectivity index (χ1v) is 29.6. The van der Waals surface area contributed by atoms with Crippen molar-refractivity contribution in [1.29, 1.82) is 0 Å². The van der Waals surface area contributed by atoms with Gasteiger partial charge in [0.1, 0.15) is 0 Å². The van der Waals surface area contributed by atoms with Crippen LogP contribution in [-0.4, -0.2) is 116 Å². The second-order valence-corrected chi connectivity index (χ2v) is 29.0. The highest BCUT2D eigenvalue weighted by Crippen LogP contribution is 2.37. The molecule has 0 saturated carbocycles. The molecule has 0 spiro atoms. The van der Waals surface area contributed by atoms with Crippen molar-refractivity contribution in [3.05, 3.63) is 0 Å². The van der Waals surface area contributed by atoms with Crippen LogP contribution in [0.1, 0.15) is 259 Å². The van der Waals surface area contributed by atoms with E-state index in [0.717, 1.165) is 95.5 Å². The van der Waals surface area contributed by atoms with Crippen LogP contribution in [0, 0.1) is 0 Å². The molecular formula is C59H116N12. The summed E-state index contributed by atoms with van der Waals surface area (Å²) in [7, 11) is 0. The molecule has 12 nitrogen and oxygen atoms in total. The first-order chi connectivity index (χ1) is 33.0. The normalized spacial score (nSPS) is 23.9. The molecule has 0 unspecified atom stereocenters. The van der Waals surface area contributed by atoms with Gasteiger partial charge in [0, 0.05) is 88.1 Å². The molecule has 0 atom stereocenters. The molecule has 71 heavy (non-hydrogen) atoms. The van der Waals surface area contributed by atoms with E-state index in [1.807, 2.05) is 0 Å². The van der Waals surface area contributed by atoms with Crippen LogP contribution in [0.15, 0.2) is 0 Å². The van der Waals surface area contributed by atoms with Gasteiger partial charge in [-0.15, -0.1) is 0 Å². The Morgan fingerprint density at radius 1 is 0.380 bits per heavy atom. The van der Waals surface area contributed by atoms with Crippen molar-refractivity contribution in [2.45, 2.75) is 327 Å². The lowest BCUT2D eigenvalue weighted by molar-refractivity contribution is 0.145. The van der Waals surface area contributed by atoms with Crippen LogP contribution in [0.25, 0.3) is 0 Å². The van der Waals surface area contributed by atoms with Gasteiger partial charge in [-0.3, -0.25) is 0 Å². The lowest BCUT2D eigenvalue weighted by Gasteiger charge is -2.50. The van der Waals surface area contributed by atoms with E-state index in [0.29, 0.717) is 24.2 Å². The zero-order valence-electron chi connectivity index (χ0n) is 49.6. The molecular weight excluding hydrogens is 877 g/mol. The molecule has 4 aliphatic rings. The molecule has 4 fully saturated rings. The Hall–Kier alpha value is -1.83. The lowest BCUT2D eigenvalue weighted by atomic mass is 9.79. The smallest absolute Gasteiger partial charge is 0.232 e. The number of piperidine rings is 4. The second-order valence-electron chi connectivity index (χ2n) is 29.0. The van der Waals surface area contributed by atoms with Crippen molar-refractivity contribution in [2.24, 2.45) is 0 Å². The highest BCUT2D eigenvalue weighted by molar-refractivity contribution is 5.47. The summed E-state index contributed by atoms with van der Waals surface area (Å²) in [6.45, 7) is 45.2. The molecule has 0 amide bonds. The zero-order valence-corrected chi connectivity index (χ0v) is 49.6. The van der Waals surface area contributed by atoms with E-state index < -0.39 is 0 Å². The zero-order chi connectivity index (χ0) is 52.4. The fourth-order valence-corrected chi connectivity index (χ4v) is 14.7. The number of hydrogen-bond acceptors (Lipinski definition) is 12. The largest absolute Gasteiger partial charge is 0.354 e. The molecule has 0 aliphatic carbocycles. The van der Waals surface area contributed by atoms with Crippen molar-refractivity contribution in [3.63, 3.8) is 0 Å². The Balaban J connectivity index is 1.36. The third-order valence-corrected chi connectivity index (χ3v) is 16.1. The summed E-state index contributed by atoms with van der Waals surface area (Å²) in [6.07, 6.45) is 26.0. The van der Waals surface area contributed by atoms with Gasteiger partial charge in [-0.1, -0.05) is 64.7 Å². The van der Waals surface area contributed by atoms with Crippen molar-refractivity contribution < 1.29 is 0 Å². The highest BCUT2D eigenvalue weighted by atomic mass is 15.4. The van der Waals surface area contributed by atoms with Crippen LogP contribution in [0.2, 0.25) is 0 Å². The van der Waals surface area contributed by atoms with Gasteiger partial charge in [-0.25, -0.2) is 0 Å². The van der Waals surface area contributed by atoms with E-state index in [9.17, 15) is 0 Å². The fourth-order valence-electron chi connectivity index (χ4n) is 14.7. The molecule has 5 rings (SSSR count). The fraction of sp³-hybridized carbons (Fsp3) is 0.949. The van der Waals surface area contributed by atoms with Gasteiger partial charge in [0.05, 0.1) is 0 Å². The third kappa shape index (κ3) is 21.0. The summed E-state index contributed by atoms with van der Waals surface area (Å²) in [4.78, 5) is 21.8. The summed E-state index contributed by atoms with van der Waals surface area (Å²) in [6, 6.07) is 1.77. The summed E-state index contributed by atoms with van der Waals surface area (Å²) >= 11 is 0. The van der Waals surface area contributed by atoms with Crippen molar-refractivity contribution in [1.82, 2.24) is 46.9 Å². The summed E-state index contributed by atoms with van der Waals surface area (Å²) in [5.74, 6) is 2.48. The minimum atomic E-state index is -0.00255. The van der Waals surface area contributed by atoms with Gasteiger partial charge in [0.25, 0.3) is 0 Å². The van der Waals surface area contributed by atoms with Gasteiger partial charge in [0.2, 0.25) is 17.8 Å². The van der Waals surface area contributed by atoms with E-state index in [1.165, 1.54) is 96.3 Å². The number of hydrogen-bond donors (Lipinski definition) is 7. The molecule has 4 aliphatic heterocycles. The first-order valence-electron chi connectivity index (χ1n) is 29.6. The maximum absolute atomic E-state index is 5.68. The highest BCUT2D eigenvalue weighted by Gasteiger charge is 2.44. The molecule has 1 aromatic heterocycles. The molecule has 0 bridgehead atoms. The van der Waals surface area contributed by atoms with Crippen LogP contribution in [0.5, 0.6) is 0 Å². The maximum Gasteiger partial charge on any atom is 0.232 e. The van der Waals surface area contributed by atoms with E-state index in [1.54, 1.807) is 0 Å². The minimum absolute atomic E-state index is 0.00255. The van der Waals surface area contributed by atoms with Crippen LogP contribution in [0.4, 0.5) is 17.8 Å². The van der Waals surface area contributed by atoms with E-state index in [2.05, 4.69) is 165 Å². The number of aromatic nitrogens is 3. The Kier molecular flexibility index (Phi) is 21.4. The lowest BCUT2D eigenvalue weighted by Crippen LogP contribution is -2.63. The van der Waals surface area contributed by atoms with Gasteiger partial charge in [0.15, 0.2) is 0 Å². The monoisotopic (exact) mass is 993 g/mol. The minimum Gasteiger partial charge on any atom is -0.354 e. The van der Waals surface area contributed by atoms with E-state index in [-0.39, 0.29) is 44.3 Å². The third-order valence-electron chi connectivity index (χ3n) is 16.1. The predicted molar refractivity (Wildman–Crippen MR) is 307 cm³/mol. The number of nitrogens with one attached hydrogen (secondary N) is 7. The molecule has 412 valence electrons.